The number of amidine groups is 1. The van der Waals surface area contributed by atoms with Crippen LogP contribution in [0.3, 0.4) is 0 Å². The van der Waals surface area contributed by atoms with Crippen LogP contribution < -0.4 is 21.8 Å². The third-order valence-electron chi connectivity index (χ3n) is 7.45. The monoisotopic (exact) mass is 590 g/mol. The second kappa shape index (κ2) is 12.8. The molecule has 0 saturated carbocycles. The van der Waals surface area contributed by atoms with Crippen LogP contribution in [0.5, 0.6) is 0 Å². The van der Waals surface area contributed by atoms with E-state index in [4.69, 9.17) is 10.7 Å². The molecular formula is C30H36F2N10O. The minimum Gasteiger partial charge on any atom is -0.387 e. The number of anilines is 3. The van der Waals surface area contributed by atoms with Crippen molar-refractivity contribution in [3.8, 4) is 0 Å². The Bertz CT molecular complexity index is 1540. The fourth-order valence-corrected chi connectivity index (χ4v) is 4.74. The van der Waals surface area contributed by atoms with Gasteiger partial charge in [0.2, 0.25) is 5.96 Å². The SMILES string of the molecule is Cc1ccc(NC(=O)C2=CC(C(C)(F)CF)=CC=CC2)cc1Nc1ncnc2c1N=C(NN1CCN(C)CC1)N=C(N)C2. The van der Waals surface area contributed by atoms with E-state index in [2.05, 4.69) is 48.0 Å². The van der Waals surface area contributed by atoms with E-state index < -0.39 is 18.3 Å². The van der Waals surface area contributed by atoms with Gasteiger partial charge in [0.15, 0.2) is 11.5 Å². The van der Waals surface area contributed by atoms with Gasteiger partial charge >= 0.3 is 0 Å². The lowest BCUT2D eigenvalue weighted by atomic mass is 9.96. The molecule has 43 heavy (non-hydrogen) atoms. The first kappa shape index (κ1) is 30.0. The van der Waals surface area contributed by atoms with Gasteiger partial charge < -0.3 is 21.3 Å². The number of aliphatic imine (C=N–C) groups is 2. The molecule has 2 aromatic rings. The van der Waals surface area contributed by atoms with Crippen LogP contribution in [0.2, 0.25) is 0 Å². The van der Waals surface area contributed by atoms with E-state index in [1.54, 1.807) is 24.3 Å². The molecule has 1 atom stereocenters. The van der Waals surface area contributed by atoms with Crippen molar-refractivity contribution in [2.45, 2.75) is 32.4 Å². The molecule has 1 aliphatic carbocycles. The van der Waals surface area contributed by atoms with Crippen LogP contribution in [0.25, 0.3) is 0 Å². The van der Waals surface area contributed by atoms with Gasteiger partial charge in [-0.25, -0.2) is 28.8 Å². The maximum atomic E-state index is 14.7. The van der Waals surface area contributed by atoms with Crippen molar-refractivity contribution in [1.82, 2.24) is 25.3 Å². The molecule has 1 saturated heterocycles. The van der Waals surface area contributed by atoms with Gasteiger partial charge in [-0.05, 0) is 56.7 Å². The number of piperazine rings is 1. The molecule has 1 unspecified atom stereocenters. The summed E-state index contributed by atoms with van der Waals surface area (Å²) in [6.07, 6.45) is 8.30. The Kier molecular flexibility index (Phi) is 8.92. The molecule has 2 aliphatic heterocycles. The molecular weight excluding hydrogens is 554 g/mol. The molecule has 226 valence electrons. The summed E-state index contributed by atoms with van der Waals surface area (Å²) in [4.78, 5) is 33.5. The number of likely N-dealkylation sites (N-methyl/N-ethyl adjacent to an activating group) is 1. The number of allylic oxidation sites excluding steroid dienone is 5. The summed E-state index contributed by atoms with van der Waals surface area (Å²) < 4.78 is 28.0. The fraction of sp³-hybridized carbons (Fsp3) is 0.367. The Morgan fingerprint density at radius 1 is 1.16 bits per heavy atom. The van der Waals surface area contributed by atoms with Crippen LogP contribution in [0.4, 0.5) is 31.7 Å². The van der Waals surface area contributed by atoms with E-state index in [-0.39, 0.29) is 12.0 Å². The number of aryl methyl sites for hydroxylation is 1. The predicted octanol–water partition coefficient (Wildman–Crippen LogP) is 3.63. The average molecular weight is 591 g/mol. The maximum absolute atomic E-state index is 14.7. The van der Waals surface area contributed by atoms with E-state index in [1.165, 1.54) is 18.5 Å². The molecule has 0 spiro atoms. The van der Waals surface area contributed by atoms with Crippen molar-refractivity contribution in [2.75, 3.05) is 50.5 Å². The van der Waals surface area contributed by atoms with Gasteiger partial charge in [-0.1, -0.05) is 24.3 Å². The summed E-state index contributed by atoms with van der Waals surface area (Å²) in [6.45, 7) is 5.33. The number of hydrogen-bond acceptors (Lipinski definition) is 10. The zero-order valence-corrected chi connectivity index (χ0v) is 24.5. The van der Waals surface area contributed by atoms with Crippen LogP contribution >= 0.6 is 0 Å². The van der Waals surface area contributed by atoms with Crippen molar-refractivity contribution >= 4 is 40.6 Å². The first-order valence-corrected chi connectivity index (χ1v) is 14.1. The summed E-state index contributed by atoms with van der Waals surface area (Å²) in [5, 5.41) is 8.27. The molecule has 3 heterocycles. The highest BCUT2D eigenvalue weighted by Crippen LogP contribution is 2.33. The topological polar surface area (TPSA) is 136 Å². The highest BCUT2D eigenvalue weighted by molar-refractivity contribution is 6.05. The number of halogens is 2. The number of rotatable bonds is 7. The first-order chi connectivity index (χ1) is 20.6. The summed E-state index contributed by atoms with van der Waals surface area (Å²) in [6, 6.07) is 5.41. The van der Waals surface area contributed by atoms with Crippen molar-refractivity contribution in [3.05, 3.63) is 71.2 Å². The van der Waals surface area contributed by atoms with Crippen LogP contribution in [-0.4, -0.2) is 83.1 Å². The summed E-state index contributed by atoms with van der Waals surface area (Å²) in [5.41, 5.74) is 10.9. The van der Waals surface area contributed by atoms with E-state index >= 15 is 0 Å². The molecule has 3 aliphatic rings. The average Bonchev–Trinajstić information content (AvgIpc) is 3.33. The predicted molar refractivity (Wildman–Crippen MR) is 165 cm³/mol. The summed E-state index contributed by atoms with van der Waals surface area (Å²) >= 11 is 0. The standard InChI is InChI=1S/C30H36F2N10O/c1-19-8-9-22(36-28(43)20-6-4-5-7-21(14-20)30(2,32)17-31)15-23(19)37-27-26-24(34-18-35-27)16-25(33)38-29(39-26)40-42-12-10-41(3)11-13-42/h4-5,7-9,14-15,18H,6,10-13,16-17H2,1-3H3,(H,36,43)(H,34,35,37)(H3,33,38,39,40). The number of benzene rings is 1. The molecule has 5 N–H and O–H groups in total. The van der Waals surface area contributed by atoms with Gasteiger partial charge in [-0.3, -0.25) is 10.2 Å². The fourth-order valence-electron chi connectivity index (χ4n) is 4.74. The summed E-state index contributed by atoms with van der Waals surface area (Å²) in [5.74, 6) is 0.784. The number of nitrogens with two attached hydrogens (primary N) is 1. The van der Waals surface area contributed by atoms with Gasteiger partial charge in [-0.2, -0.15) is 4.99 Å². The lowest BCUT2D eigenvalue weighted by Crippen LogP contribution is -2.52. The number of fused-ring (bicyclic) bond motifs is 1. The Balaban J connectivity index is 1.37. The number of aromatic nitrogens is 2. The number of alkyl halides is 2. The molecule has 11 nitrogen and oxygen atoms in total. The number of guanidine groups is 1. The Labute approximate surface area is 249 Å². The van der Waals surface area contributed by atoms with Crippen molar-refractivity contribution in [3.63, 3.8) is 0 Å². The minimum absolute atomic E-state index is 0.108. The Morgan fingerprint density at radius 3 is 2.72 bits per heavy atom. The van der Waals surface area contributed by atoms with Crippen LogP contribution in [0, 0.1) is 6.92 Å². The molecule has 0 radical (unpaired) electrons. The lowest BCUT2D eigenvalue weighted by Gasteiger charge is -2.32. The van der Waals surface area contributed by atoms with Gasteiger partial charge in [0.25, 0.3) is 5.91 Å². The molecule has 1 amide bonds. The molecule has 13 heteroatoms. The third-order valence-corrected chi connectivity index (χ3v) is 7.45. The van der Waals surface area contributed by atoms with Gasteiger partial charge in [-0.15, -0.1) is 0 Å². The van der Waals surface area contributed by atoms with Crippen LogP contribution in [0.15, 0.2) is 70.0 Å². The second-order valence-electron chi connectivity index (χ2n) is 11.0. The second-order valence-corrected chi connectivity index (χ2v) is 11.0. The van der Waals surface area contributed by atoms with E-state index in [9.17, 15) is 13.6 Å². The number of hydrazine groups is 1. The van der Waals surface area contributed by atoms with Gasteiger partial charge in [0, 0.05) is 43.1 Å². The molecule has 5 rings (SSSR count). The zero-order chi connectivity index (χ0) is 30.6. The van der Waals surface area contributed by atoms with Crippen molar-refractivity contribution in [1.29, 1.82) is 0 Å². The normalized spacial score (nSPS) is 19.0. The number of carbonyl (C=O) groups is 1. The number of hydrogen-bond donors (Lipinski definition) is 4. The highest BCUT2D eigenvalue weighted by Gasteiger charge is 2.28. The van der Waals surface area contributed by atoms with E-state index in [1.807, 2.05) is 13.0 Å². The number of nitrogens with zero attached hydrogens (tertiary/aromatic N) is 6. The Morgan fingerprint density at radius 2 is 1.95 bits per heavy atom. The van der Waals surface area contributed by atoms with Gasteiger partial charge in [0.1, 0.15) is 24.5 Å². The zero-order valence-electron chi connectivity index (χ0n) is 24.5. The summed E-state index contributed by atoms with van der Waals surface area (Å²) in [7, 11) is 2.08. The van der Waals surface area contributed by atoms with Crippen LogP contribution in [0.1, 0.15) is 24.6 Å². The van der Waals surface area contributed by atoms with Gasteiger partial charge in [0.05, 0.1) is 12.1 Å². The molecule has 0 bridgehead atoms. The highest BCUT2D eigenvalue weighted by atomic mass is 19.2. The molecule has 1 fully saturated rings. The van der Waals surface area contributed by atoms with E-state index in [0.717, 1.165) is 38.7 Å². The van der Waals surface area contributed by atoms with Crippen LogP contribution in [-0.2, 0) is 11.2 Å². The quantitative estimate of drug-likeness (QED) is 0.384. The smallest absolute Gasteiger partial charge is 0.251 e. The number of carbonyl (C=O) groups excluding carboxylic acids is 1. The first-order valence-electron chi connectivity index (χ1n) is 14.1. The maximum Gasteiger partial charge on any atom is 0.251 e. The number of nitrogens with one attached hydrogen (secondary N) is 3. The molecule has 1 aromatic heterocycles. The van der Waals surface area contributed by atoms with E-state index in [0.29, 0.717) is 52.4 Å². The molecule has 1 aromatic carbocycles. The third kappa shape index (κ3) is 7.30. The van der Waals surface area contributed by atoms with Crippen molar-refractivity contribution in [2.24, 2.45) is 15.7 Å². The minimum atomic E-state index is -2.19. The number of amides is 1. The Hall–Kier alpha value is -4.49. The lowest BCUT2D eigenvalue weighted by molar-refractivity contribution is -0.112. The van der Waals surface area contributed by atoms with Crippen molar-refractivity contribution < 1.29 is 13.6 Å². The largest absolute Gasteiger partial charge is 0.387 e.